The predicted octanol–water partition coefficient (Wildman–Crippen LogP) is 3.18. The van der Waals surface area contributed by atoms with E-state index >= 15 is 0 Å². The smallest absolute Gasteiger partial charge is 0.337 e. The molecule has 0 aromatic heterocycles. The Labute approximate surface area is 150 Å². The Bertz CT molecular complexity index is 949. The van der Waals surface area contributed by atoms with Crippen LogP contribution in [0.15, 0.2) is 47.7 Å². The quantitative estimate of drug-likeness (QED) is 0.857. The number of cyclic esters (lactones) is 1. The summed E-state index contributed by atoms with van der Waals surface area (Å²) in [5.41, 5.74) is 4.19. The molecule has 0 amide bonds. The van der Waals surface area contributed by atoms with Gasteiger partial charge in [-0.05, 0) is 24.6 Å². The number of anilines is 1. The summed E-state index contributed by atoms with van der Waals surface area (Å²) in [6, 6.07) is 11.7. The van der Waals surface area contributed by atoms with E-state index in [-0.39, 0.29) is 25.3 Å². The highest BCUT2D eigenvalue weighted by atomic mass is 16.7. The van der Waals surface area contributed by atoms with Crippen molar-refractivity contribution in [2.24, 2.45) is 0 Å². The minimum absolute atomic E-state index is 0.202. The Balaban J connectivity index is 1.73. The van der Waals surface area contributed by atoms with Crippen molar-refractivity contribution in [1.82, 2.24) is 0 Å². The lowest BCUT2D eigenvalue weighted by molar-refractivity contribution is -0.136. The van der Waals surface area contributed by atoms with E-state index in [2.05, 4.69) is 5.32 Å². The lowest BCUT2D eigenvalue weighted by Crippen LogP contribution is -2.20. The molecule has 2 aromatic rings. The summed E-state index contributed by atoms with van der Waals surface area (Å²) in [6.07, 6.45) is 0. The Morgan fingerprint density at radius 1 is 1.12 bits per heavy atom. The van der Waals surface area contributed by atoms with Gasteiger partial charge in [-0.2, -0.15) is 0 Å². The van der Waals surface area contributed by atoms with E-state index in [4.69, 9.17) is 18.9 Å². The van der Waals surface area contributed by atoms with Crippen LogP contribution in [-0.2, 0) is 9.53 Å². The third-order valence-electron chi connectivity index (χ3n) is 4.85. The lowest BCUT2D eigenvalue weighted by atomic mass is 9.80. The molecule has 0 radical (unpaired) electrons. The molecule has 1 N–H and O–H groups in total. The van der Waals surface area contributed by atoms with E-state index in [1.54, 1.807) is 0 Å². The fourth-order valence-electron chi connectivity index (χ4n) is 3.76. The van der Waals surface area contributed by atoms with E-state index in [1.807, 2.05) is 43.3 Å². The fourth-order valence-corrected chi connectivity index (χ4v) is 3.76. The second kappa shape index (κ2) is 5.69. The zero-order chi connectivity index (χ0) is 17.7. The molecule has 0 aliphatic carbocycles. The molecule has 0 saturated heterocycles. The van der Waals surface area contributed by atoms with Crippen LogP contribution >= 0.6 is 0 Å². The zero-order valence-corrected chi connectivity index (χ0v) is 14.2. The molecule has 0 saturated carbocycles. The van der Waals surface area contributed by atoms with Gasteiger partial charge in [0.25, 0.3) is 0 Å². The van der Waals surface area contributed by atoms with Crippen LogP contribution in [0.4, 0.5) is 5.69 Å². The monoisotopic (exact) mass is 351 g/mol. The topological polar surface area (TPSA) is 66.0 Å². The summed E-state index contributed by atoms with van der Waals surface area (Å²) in [4.78, 5) is 12.5. The van der Waals surface area contributed by atoms with Crippen molar-refractivity contribution in [2.75, 3.05) is 25.3 Å². The van der Waals surface area contributed by atoms with Crippen molar-refractivity contribution < 1.29 is 23.7 Å². The first kappa shape index (κ1) is 15.1. The molecule has 5 rings (SSSR count). The SMILES string of the molecule is CCOc1ccccc1C1C2=C(COC2=O)Nc2cc3c(cc21)OCO3. The van der Waals surface area contributed by atoms with Gasteiger partial charge in [0.2, 0.25) is 6.79 Å². The largest absolute Gasteiger partial charge is 0.494 e. The number of benzene rings is 2. The van der Waals surface area contributed by atoms with Crippen LogP contribution in [0.3, 0.4) is 0 Å². The van der Waals surface area contributed by atoms with Gasteiger partial charge >= 0.3 is 5.97 Å². The summed E-state index contributed by atoms with van der Waals surface area (Å²) in [5, 5.41) is 3.33. The van der Waals surface area contributed by atoms with Crippen LogP contribution in [-0.4, -0.2) is 26.0 Å². The zero-order valence-electron chi connectivity index (χ0n) is 14.2. The van der Waals surface area contributed by atoms with E-state index < -0.39 is 0 Å². The molecular weight excluding hydrogens is 334 g/mol. The third kappa shape index (κ3) is 2.15. The van der Waals surface area contributed by atoms with Crippen molar-refractivity contribution in [2.45, 2.75) is 12.8 Å². The molecule has 26 heavy (non-hydrogen) atoms. The van der Waals surface area contributed by atoms with Crippen LogP contribution < -0.4 is 19.5 Å². The van der Waals surface area contributed by atoms with Crippen LogP contribution in [0.5, 0.6) is 17.2 Å². The first-order chi connectivity index (χ1) is 12.8. The first-order valence-electron chi connectivity index (χ1n) is 8.58. The highest BCUT2D eigenvalue weighted by Gasteiger charge is 2.40. The second-order valence-corrected chi connectivity index (χ2v) is 6.29. The van der Waals surface area contributed by atoms with Crippen LogP contribution in [0, 0.1) is 0 Å². The fraction of sp³-hybridized carbons (Fsp3) is 0.250. The maximum absolute atomic E-state index is 12.5. The Morgan fingerprint density at radius 3 is 2.77 bits per heavy atom. The standard InChI is InChI=1S/C20H17NO5/c1-2-23-15-6-4-3-5-11(15)18-12-7-16-17(26-10-25-16)8-13(12)21-14-9-24-20(22)19(14)18/h3-8,18,21H,2,9-10H2,1H3. The number of ether oxygens (including phenoxy) is 4. The molecule has 3 aliphatic heterocycles. The van der Waals surface area contributed by atoms with E-state index in [1.165, 1.54) is 0 Å². The molecule has 2 aromatic carbocycles. The molecule has 0 fully saturated rings. The Kier molecular flexibility index (Phi) is 3.31. The minimum atomic E-state index is -0.299. The molecule has 3 heterocycles. The molecule has 6 nitrogen and oxygen atoms in total. The van der Waals surface area contributed by atoms with Gasteiger partial charge in [-0.3, -0.25) is 0 Å². The summed E-state index contributed by atoms with van der Waals surface area (Å²) in [7, 11) is 0. The molecule has 3 aliphatic rings. The number of esters is 1. The van der Waals surface area contributed by atoms with Gasteiger partial charge in [0.05, 0.1) is 17.9 Å². The predicted molar refractivity (Wildman–Crippen MR) is 93.6 cm³/mol. The van der Waals surface area contributed by atoms with Crippen molar-refractivity contribution in [3.8, 4) is 17.2 Å². The van der Waals surface area contributed by atoms with Gasteiger partial charge in [0, 0.05) is 23.2 Å². The van der Waals surface area contributed by atoms with Crippen LogP contribution in [0.2, 0.25) is 0 Å². The molecule has 1 atom stereocenters. The van der Waals surface area contributed by atoms with Gasteiger partial charge in [0.1, 0.15) is 12.4 Å². The number of para-hydroxylation sites is 1. The van der Waals surface area contributed by atoms with Gasteiger partial charge in [-0.1, -0.05) is 18.2 Å². The second-order valence-electron chi connectivity index (χ2n) is 6.29. The molecule has 1 unspecified atom stereocenters. The molecule has 0 spiro atoms. The first-order valence-corrected chi connectivity index (χ1v) is 8.58. The molecule has 132 valence electrons. The maximum Gasteiger partial charge on any atom is 0.337 e. The minimum Gasteiger partial charge on any atom is -0.494 e. The molecule has 6 heteroatoms. The number of nitrogens with one attached hydrogen (secondary N) is 1. The lowest BCUT2D eigenvalue weighted by Gasteiger charge is -2.28. The summed E-state index contributed by atoms with van der Waals surface area (Å²) in [6.45, 7) is 2.94. The van der Waals surface area contributed by atoms with Gasteiger partial charge in [-0.25, -0.2) is 4.79 Å². The number of carbonyl (C=O) groups excluding carboxylic acids is 1. The van der Waals surface area contributed by atoms with Gasteiger partial charge in [-0.15, -0.1) is 0 Å². The maximum atomic E-state index is 12.5. The van der Waals surface area contributed by atoms with Crippen molar-refractivity contribution in [3.05, 3.63) is 58.8 Å². The highest BCUT2D eigenvalue weighted by molar-refractivity contribution is 5.97. The van der Waals surface area contributed by atoms with Crippen molar-refractivity contribution in [3.63, 3.8) is 0 Å². The number of hydrogen-bond donors (Lipinski definition) is 1. The number of rotatable bonds is 3. The number of carbonyl (C=O) groups is 1. The number of hydrogen-bond acceptors (Lipinski definition) is 6. The molecule has 0 bridgehead atoms. The number of fused-ring (bicyclic) bond motifs is 2. The van der Waals surface area contributed by atoms with E-state index in [0.29, 0.717) is 23.7 Å². The molecular formula is C20H17NO5. The Morgan fingerprint density at radius 2 is 1.92 bits per heavy atom. The summed E-state index contributed by atoms with van der Waals surface area (Å²) < 4.78 is 22.2. The van der Waals surface area contributed by atoms with Gasteiger partial charge in [0.15, 0.2) is 11.5 Å². The van der Waals surface area contributed by atoms with E-state index in [9.17, 15) is 4.79 Å². The third-order valence-corrected chi connectivity index (χ3v) is 4.85. The van der Waals surface area contributed by atoms with Gasteiger partial charge < -0.3 is 24.3 Å². The average molecular weight is 351 g/mol. The van der Waals surface area contributed by atoms with Crippen LogP contribution in [0.25, 0.3) is 0 Å². The van der Waals surface area contributed by atoms with Crippen LogP contribution in [0.1, 0.15) is 24.0 Å². The van der Waals surface area contributed by atoms with Crippen molar-refractivity contribution >= 4 is 11.7 Å². The average Bonchev–Trinajstić information content (AvgIpc) is 3.25. The normalized spacial score (nSPS) is 19.6. The summed E-state index contributed by atoms with van der Waals surface area (Å²) >= 11 is 0. The Hall–Kier alpha value is -3.15. The van der Waals surface area contributed by atoms with E-state index in [0.717, 1.165) is 28.3 Å². The highest BCUT2D eigenvalue weighted by Crippen LogP contribution is 2.50. The van der Waals surface area contributed by atoms with Crippen molar-refractivity contribution in [1.29, 1.82) is 0 Å². The summed E-state index contributed by atoms with van der Waals surface area (Å²) in [5.74, 6) is 1.56.